The normalized spacial score (nSPS) is 47.1. The van der Waals surface area contributed by atoms with Crippen LogP contribution in [-0.4, -0.2) is 21.9 Å². The summed E-state index contributed by atoms with van der Waals surface area (Å²) in [5.74, 6) is 0.175. The van der Waals surface area contributed by atoms with Gasteiger partial charge >= 0.3 is 0 Å². The summed E-state index contributed by atoms with van der Waals surface area (Å²) in [6.45, 7) is 10.4. The average Bonchev–Trinajstić information content (AvgIpc) is 2.24. The molecule has 2 N–H and O–H groups in total. The lowest BCUT2D eigenvalue weighted by Gasteiger charge is -2.55. The zero-order chi connectivity index (χ0) is 12.8. The van der Waals surface area contributed by atoms with Crippen LogP contribution in [0.25, 0.3) is 0 Å². The standard InChI is InChI=1S/C15H26O2/c1-10(2)15(17)9-8-14(4)7-5-6-11(3)12(14)13(15)16/h10,12-13,16-17H,3,5-9H2,1-2,4H3/t12-,13-,14-,15-/m1/s1. The second kappa shape index (κ2) is 4.10. The molecule has 2 fully saturated rings. The maximum absolute atomic E-state index is 10.7. The molecule has 2 aliphatic rings. The van der Waals surface area contributed by atoms with Crippen LogP contribution in [-0.2, 0) is 0 Å². The Morgan fingerprint density at radius 2 is 1.94 bits per heavy atom. The van der Waals surface area contributed by atoms with Crippen LogP contribution in [0, 0.1) is 17.3 Å². The van der Waals surface area contributed by atoms with E-state index in [1.54, 1.807) is 0 Å². The molecule has 17 heavy (non-hydrogen) atoms. The summed E-state index contributed by atoms with van der Waals surface area (Å²) < 4.78 is 0. The summed E-state index contributed by atoms with van der Waals surface area (Å²) >= 11 is 0. The van der Waals surface area contributed by atoms with Crippen LogP contribution >= 0.6 is 0 Å². The highest BCUT2D eigenvalue weighted by atomic mass is 16.3. The number of aliphatic hydroxyl groups excluding tert-OH is 1. The van der Waals surface area contributed by atoms with Crippen LogP contribution in [0.1, 0.15) is 52.9 Å². The van der Waals surface area contributed by atoms with Gasteiger partial charge in [-0.05, 0) is 43.4 Å². The first kappa shape index (κ1) is 13.1. The van der Waals surface area contributed by atoms with Crippen LogP contribution in [0.2, 0.25) is 0 Å². The van der Waals surface area contributed by atoms with Gasteiger partial charge in [-0.2, -0.15) is 0 Å². The predicted molar refractivity (Wildman–Crippen MR) is 69.6 cm³/mol. The maximum atomic E-state index is 10.7. The van der Waals surface area contributed by atoms with E-state index in [0.717, 1.165) is 24.8 Å². The number of rotatable bonds is 1. The Bertz CT molecular complexity index is 323. The highest BCUT2D eigenvalue weighted by Crippen LogP contribution is 2.55. The molecule has 0 aliphatic heterocycles. The van der Waals surface area contributed by atoms with Crippen molar-refractivity contribution in [1.29, 1.82) is 0 Å². The van der Waals surface area contributed by atoms with E-state index in [-0.39, 0.29) is 17.3 Å². The van der Waals surface area contributed by atoms with Crippen molar-refractivity contribution in [3.8, 4) is 0 Å². The Morgan fingerprint density at radius 3 is 2.53 bits per heavy atom. The second-order valence-corrected chi connectivity index (χ2v) is 6.73. The van der Waals surface area contributed by atoms with E-state index in [0.29, 0.717) is 6.42 Å². The molecule has 2 heteroatoms. The fourth-order valence-corrected chi connectivity index (χ4v) is 3.96. The van der Waals surface area contributed by atoms with Crippen LogP contribution in [0.15, 0.2) is 12.2 Å². The van der Waals surface area contributed by atoms with Crippen molar-refractivity contribution in [2.24, 2.45) is 17.3 Å². The SMILES string of the molecule is C=C1CCC[C@]2(C)CC[C@@](O)(C(C)C)[C@H](O)[C@@H]12. The molecule has 0 amide bonds. The molecule has 2 aliphatic carbocycles. The monoisotopic (exact) mass is 238 g/mol. The summed E-state index contributed by atoms with van der Waals surface area (Å²) in [4.78, 5) is 0. The van der Waals surface area contributed by atoms with Gasteiger partial charge in [0.15, 0.2) is 0 Å². The summed E-state index contributed by atoms with van der Waals surface area (Å²) in [5, 5.41) is 21.3. The first-order valence-electron chi connectivity index (χ1n) is 6.89. The van der Waals surface area contributed by atoms with Crippen molar-refractivity contribution >= 4 is 0 Å². The van der Waals surface area contributed by atoms with Gasteiger partial charge in [0, 0.05) is 5.92 Å². The van der Waals surface area contributed by atoms with Gasteiger partial charge in [-0.3, -0.25) is 0 Å². The van der Waals surface area contributed by atoms with E-state index >= 15 is 0 Å². The Morgan fingerprint density at radius 1 is 1.29 bits per heavy atom. The molecule has 0 aromatic carbocycles. The molecule has 0 heterocycles. The minimum atomic E-state index is -0.926. The molecule has 0 saturated heterocycles. The van der Waals surface area contributed by atoms with Crippen molar-refractivity contribution in [1.82, 2.24) is 0 Å². The number of hydrogen-bond donors (Lipinski definition) is 2. The van der Waals surface area contributed by atoms with E-state index in [2.05, 4.69) is 13.5 Å². The van der Waals surface area contributed by atoms with Gasteiger partial charge in [0.1, 0.15) is 0 Å². The van der Waals surface area contributed by atoms with Gasteiger partial charge in [0.25, 0.3) is 0 Å². The third-order valence-corrected chi connectivity index (χ3v) is 5.36. The molecule has 2 saturated carbocycles. The molecule has 0 bridgehead atoms. The lowest BCUT2D eigenvalue weighted by Crippen LogP contribution is -2.59. The predicted octanol–water partition coefficient (Wildman–Crippen LogP) is 2.89. The lowest BCUT2D eigenvalue weighted by atomic mass is 9.53. The molecule has 0 unspecified atom stereocenters. The quantitative estimate of drug-likeness (QED) is 0.690. The van der Waals surface area contributed by atoms with Crippen LogP contribution in [0.5, 0.6) is 0 Å². The lowest BCUT2D eigenvalue weighted by molar-refractivity contribution is -0.180. The van der Waals surface area contributed by atoms with E-state index in [4.69, 9.17) is 0 Å². The maximum Gasteiger partial charge on any atom is 0.0934 e. The molecule has 98 valence electrons. The molecule has 0 aromatic rings. The molecule has 2 nitrogen and oxygen atoms in total. The van der Waals surface area contributed by atoms with Crippen LogP contribution < -0.4 is 0 Å². The van der Waals surface area contributed by atoms with Gasteiger partial charge in [-0.1, -0.05) is 32.9 Å². The molecular weight excluding hydrogens is 212 g/mol. The van der Waals surface area contributed by atoms with Crippen LogP contribution in [0.3, 0.4) is 0 Å². The first-order valence-corrected chi connectivity index (χ1v) is 6.89. The van der Waals surface area contributed by atoms with E-state index in [1.165, 1.54) is 6.42 Å². The van der Waals surface area contributed by atoms with Gasteiger partial charge < -0.3 is 10.2 Å². The Kier molecular flexibility index (Phi) is 3.16. The zero-order valence-electron chi connectivity index (χ0n) is 11.4. The molecule has 0 spiro atoms. The van der Waals surface area contributed by atoms with E-state index < -0.39 is 11.7 Å². The smallest absolute Gasteiger partial charge is 0.0934 e. The van der Waals surface area contributed by atoms with E-state index in [9.17, 15) is 10.2 Å². The minimum absolute atomic E-state index is 0.0809. The van der Waals surface area contributed by atoms with Crippen molar-refractivity contribution in [2.45, 2.75) is 64.6 Å². The second-order valence-electron chi connectivity index (χ2n) is 6.73. The fourth-order valence-electron chi connectivity index (χ4n) is 3.96. The highest BCUT2D eigenvalue weighted by molar-refractivity contribution is 5.18. The third-order valence-electron chi connectivity index (χ3n) is 5.36. The molecule has 0 aromatic heterocycles. The molecule has 4 atom stereocenters. The topological polar surface area (TPSA) is 40.5 Å². The Hall–Kier alpha value is -0.340. The highest BCUT2D eigenvalue weighted by Gasteiger charge is 2.55. The van der Waals surface area contributed by atoms with Crippen molar-refractivity contribution < 1.29 is 10.2 Å². The number of aliphatic hydroxyl groups is 2. The Balaban J connectivity index is 2.33. The summed E-state index contributed by atoms with van der Waals surface area (Å²) in [5.41, 5.74) is 0.366. The summed E-state index contributed by atoms with van der Waals surface area (Å²) in [6.07, 6.45) is 4.41. The summed E-state index contributed by atoms with van der Waals surface area (Å²) in [6, 6.07) is 0. The average molecular weight is 238 g/mol. The van der Waals surface area contributed by atoms with Gasteiger partial charge in [0.2, 0.25) is 0 Å². The molecule has 2 rings (SSSR count). The van der Waals surface area contributed by atoms with Gasteiger partial charge in [-0.25, -0.2) is 0 Å². The number of fused-ring (bicyclic) bond motifs is 1. The fraction of sp³-hybridized carbons (Fsp3) is 0.867. The number of hydrogen-bond acceptors (Lipinski definition) is 2. The van der Waals surface area contributed by atoms with Crippen molar-refractivity contribution in [3.63, 3.8) is 0 Å². The van der Waals surface area contributed by atoms with E-state index in [1.807, 2.05) is 13.8 Å². The van der Waals surface area contributed by atoms with Gasteiger partial charge in [-0.15, -0.1) is 0 Å². The van der Waals surface area contributed by atoms with Crippen LogP contribution in [0.4, 0.5) is 0 Å². The largest absolute Gasteiger partial charge is 0.389 e. The zero-order valence-corrected chi connectivity index (χ0v) is 11.4. The van der Waals surface area contributed by atoms with Crippen molar-refractivity contribution in [3.05, 3.63) is 12.2 Å². The third kappa shape index (κ3) is 1.86. The molecular formula is C15H26O2. The summed E-state index contributed by atoms with van der Waals surface area (Å²) in [7, 11) is 0. The van der Waals surface area contributed by atoms with Crippen molar-refractivity contribution in [2.75, 3.05) is 0 Å². The minimum Gasteiger partial charge on any atom is -0.389 e. The van der Waals surface area contributed by atoms with Gasteiger partial charge in [0.05, 0.1) is 11.7 Å². The first-order chi connectivity index (χ1) is 7.81. The molecule has 0 radical (unpaired) electrons. The Labute approximate surface area is 105 Å².